The van der Waals surface area contributed by atoms with Crippen LogP contribution in [0.4, 0.5) is 26.3 Å². The summed E-state index contributed by atoms with van der Waals surface area (Å²) >= 11 is 3.25. The highest BCUT2D eigenvalue weighted by Gasteiger charge is 2.37. The number of amides is 1. The maximum absolute atomic E-state index is 13.1. The minimum Gasteiger partial charge on any atom is -0.344 e. The Bertz CT molecular complexity index is 1100. The number of hydrogen-bond donors (Lipinski definition) is 1. The molecule has 1 N–H and O–H groups in total. The van der Waals surface area contributed by atoms with Crippen molar-refractivity contribution in [1.29, 1.82) is 0 Å². The third-order valence-electron chi connectivity index (χ3n) is 4.30. The molecule has 12 heteroatoms. The molecule has 2 heterocycles. The van der Waals surface area contributed by atoms with Crippen molar-refractivity contribution < 1.29 is 31.1 Å². The first-order chi connectivity index (χ1) is 14.9. The lowest BCUT2D eigenvalue weighted by Gasteiger charge is -2.18. The van der Waals surface area contributed by atoms with Crippen LogP contribution in [0.5, 0.6) is 0 Å². The lowest BCUT2D eigenvalue weighted by molar-refractivity contribution is -0.143. The summed E-state index contributed by atoms with van der Waals surface area (Å²) in [6.45, 7) is 1.47. The third-order valence-corrected chi connectivity index (χ3v) is 4.77. The van der Waals surface area contributed by atoms with Crippen LogP contribution in [-0.4, -0.2) is 20.9 Å². The van der Waals surface area contributed by atoms with E-state index in [1.807, 2.05) is 0 Å². The van der Waals surface area contributed by atoms with Crippen LogP contribution in [0.1, 0.15) is 40.1 Å². The van der Waals surface area contributed by atoms with Crippen LogP contribution in [0.15, 0.2) is 53.4 Å². The van der Waals surface area contributed by atoms with Gasteiger partial charge in [0.15, 0.2) is 0 Å². The predicted molar refractivity (Wildman–Crippen MR) is 105 cm³/mol. The highest BCUT2D eigenvalue weighted by atomic mass is 79.9. The Morgan fingerprint density at radius 2 is 1.53 bits per heavy atom. The number of alkyl halides is 6. The molecule has 0 saturated carbocycles. The zero-order valence-electron chi connectivity index (χ0n) is 16.1. The Labute approximate surface area is 186 Å². The lowest BCUT2D eigenvalue weighted by Crippen LogP contribution is -2.28. The van der Waals surface area contributed by atoms with Crippen molar-refractivity contribution in [1.82, 2.24) is 20.3 Å². The first-order valence-electron chi connectivity index (χ1n) is 8.89. The number of carbonyl (C=O) groups is 1. The Hall–Kier alpha value is -3.02. The fourth-order valence-corrected chi connectivity index (χ4v) is 3.05. The monoisotopic (exact) mass is 518 g/mol. The van der Waals surface area contributed by atoms with E-state index in [1.165, 1.54) is 25.5 Å². The second-order valence-electron chi connectivity index (χ2n) is 6.64. The van der Waals surface area contributed by atoms with Gasteiger partial charge in [0, 0.05) is 28.6 Å². The first kappa shape index (κ1) is 23.6. The van der Waals surface area contributed by atoms with Gasteiger partial charge in [0.05, 0.1) is 28.6 Å². The highest BCUT2D eigenvalue weighted by Crippen LogP contribution is 2.36. The summed E-state index contributed by atoms with van der Waals surface area (Å²) in [7, 11) is 0. The SMILES string of the molecule is CC(NC(=O)c1cc(C(F)(F)F)cc(C(F)(F)F)c1)c1nccnc1-c1ccc(Br)cn1. The molecular formula is C20H13BrF6N4O. The summed E-state index contributed by atoms with van der Waals surface area (Å²) < 4.78 is 79.1. The number of benzene rings is 1. The van der Waals surface area contributed by atoms with Gasteiger partial charge in [-0.05, 0) is 53.2 Å². The molecule has 3 aromatic rings. The van der Waals surface area contributed by atoms with Gasteiger partial charge in [-0.3, -0.25) is 19.7 Å². The molecule has 0 fully saturated rings. The van der Waals surface area contributed by atoms with Crippen LogP contribution >= 0.6 is 15.9 Å². The van der Waals surface area contributed by atoms with Crippen LogP contribution in [0, 0.1) is 0 Å². The second kappa shape index (κ2) is 8.85. The van der Waals surface area contributed by atoms with E-state index in [1.54, 1.807) is 12.1 Å². The van der Waals surface area contributed by atoms with Gasteiger partial charge in [-0.25, -0.2) is 0 Å². The third kappa shape index (κ3) is 5.42. The topological polar surface area (TPSA) is 67.8 Å². The van der Waals surface area contributed by atoms with Crippen LogP contribution in [0.25, 0.3) is 11.4 Å². The predicted octanol–water partition coefficient (Wildman–Crippen LogP) is 5.83. The van der Waals surface area contributed by atoms with E-state index in [4.69, 9.17) is 0 Å². The zero-order valence-corrected chi connectivity index (χ0v) is 17.7. The van der Waals surface area contributed by atoms with Crippen molar-refractivity contribution in [2.75, 3.05) is 0 Å². The quantitative estimate of drug-likeness (QED) is 0.441. The number of hydrogen-bond acceptors (Lipinski definition) is 4. The number of carbonyl (C=O) groups excluding carboxylic acids is 1. The van der Waals surface area contributed by atoms with Crippen molar-refractivity contribution >= 4 is 21.8 Å². The van der Waals surface area contributed by atoms with Crippen molar-refractivity contribution in [2.24, 2.45) is 0 Å². The van der Waals surface area contributed by atoms with Crippen LogP contribution < -0.4 is 5.32 Å². The molecule has 1 aromatic carbocycles. The van der Waals surface area contributed by atoms with Crippen molar-refractivity contribution in [3.05, 3.63) is 75.8 Å². The van der Waals surface area contributed by atoms with Gasteiger partial charge < -0.3 is 5.32 Å². The summed E-state index contributed by atoms with van der Waals surface area (Å²) in [5.74, 6) is -1.13. The number of aromatic nitrogens is 3. The summed E-state index contributed by atoms with van der Waals surface area (Å²) in [6.07, 6.45) is -5.88. The van der Waals surface area contributed by atoms with Crippen LogP contribution in [0.2, 0.25) is 0 Å². The summed E-state index contributed by atoms with van der Waals surface area (Å²) in [6, 6.07) is 3.12. The van der Waals surface area contributed by atoms with Crippen molar-refractivity contribution in [3.63, 3.8) is 0 Å². The largest absolute Gasteiger partial charge is 0.416 e. The van der Waals surface area contributed by atoms with E-state index in [-0.39, 0.29) is 11.8 Å². The molecule has 0 aliphatic rings. The Kier molecular flexibility index (Phi) is 6.54. The summed E-state index contributed by atoms with van der Waals surface area (Å²) in [4.78, 5) is 25.1. The number of pyridine rings is 1. The molecule has 1 unspecified atom stereocenters. The number of nitrogens with zero attached hydrogens (tertiary/aromatic N) is 3. The number of nitrogens with one attached hydrogen (secondary N) is 1. The average molecular weight is 519 g/mol. The first-order valence-corrected chi connectivity index (χ1v) is 9.68. The maximum Gasteiger partial charge on any atom is 0.416 e. The van der Waals surface area contributed by atoms with Crippen LogP contribution in [-0.2, 0) is 12.4 Å². The molecule has 0 bridgehead atoms. The zero-order chi connectivity index (χ0) is 23.7. The molecule has 3 rings (SSSR count). The van der Waals surface area contributed by atoms with Gasteiger partial charge in [-0.2, -0.15) is 26.3 Å². The van der Waals surface area contributed by atoms with Gasteiger partial charge in [0.1, 0.15) is 5.69 Å². The molecule has 5 nitrogen and oxygen atoms in total. The van der Waals surface area contributed by atoms with Gasteiger partial charge in [-0.15, -0.1) is 0 Å². The Morgan fingerprint density at radius 3 is 2.06 bits per heavy atom. The van der Waals surface area contributed by atoms with Crippen molar-refractivity contribution in [2.45, 2.75) is 25.3 Å². The van der Waals surface area contributed by atoms with Gasteiger partial charge in [-0.1, -0.05) is 0 Å². The fourth-order valence-electron chi connectivity index (χ4n) is 2.81. The molecular weight excluding hydrogens is 506 g/mol. The normalized spacial score (nSPS) is 13.0. The number of halogens is 7. The van der Waals surface area contributed by atoms with E-state index in [0.717, 1.165) is 0 Å². The Morgan fingerprint density at radius 1 is 0.938 bits per heavy atom. The lowest BCUT2D eigenvalue weighted by atomic mass is 10.0. The van der Waals surface area contributed by atoms with E-state index >= 15 is 0 Å². The minimum atomic E-state index is -5.06. The van der Waals surface area contributed by atoms with E-state index in [9.17, 15) is 31.1 Å². The highest BCUT2D eigenvalue weighted by molar-refractivity contribution is 9.10. The molecule has 2 aromatic heterocycles. The van der Waals surface area contributed by atoms with E-state index in [0.29, 0.717) is 28.0 Å². The molecule has 0 radical (unpaired) electrons. The summed E-state index contributed by atoms with van der Waals surface area (Å²) in [5, 5.41) is 2.38. The van der Waals surface area contributed by atoms with E-state index < -0.39 is 41.0 Å². The molecule has 0 aliphatic carbocycles. The van der Waals surface area contributed by atoms with Gasteiger partial charge >= 0.3 is 12.4 Å². The van der Waals surface area contributed by atoms with Crippen LogP contribution in [0.3, 0.4) is 0 Å². The smallest absolute Gasteiger partial charge is 0.344 e. The van der Waals surface area contributed by atoms with E-state index in [2.05, 4.69) is 36.2 Å². The molecule has 1 amide bonds. The fraction of sp³-hybridized carbons (Fsp3) is 0.200. The molecule has 0 aliphatic heterocycles. The van der Waals surface area contributed by atoms with Gasteiger partial charge in [0.2, 0.25) is 0 Å². The Balaban J connectivity index is 1.94. The molecule has 0 saturated heterocycles. The standard InChI is InChI=1S/C20H13BrF6N4O/c1-10(16-17(29-5-4-28-16)15-3-2-14(21)9-30-15)31-18(32)11-6-12(19(22,23)24)8-13(7-11)20(25,26)27/h2-10H,1H3,(H,31,32). The average Bonchev–Trinajstić information content (AvgIpc) is 2.72. The maximum atomic E-state index is 13.1. The minimum absolute atomic E-state index is 0.0415. The van der Waals surface area contributed by atoms with Gasteiger partial charge in [0.25, 0.3) is 5.91 Å². The number of rotatable bonds is 4. The second-order valence-corrected chi connectivity index (χ2v) is 7.56. The molecule has 168 valence electrons. The molecule has 0 spiro atoms. The molecule has 32 heavy (non-hydrogen) atoms. The molecule has 1 atom stereocenters. The summed E-state index contributed by atoms with van der Waals surface area (Å²) in [5.41, 5.74) is -3.00. The van der Waals surface area contributed by atoms with Crippen molar-refractivity contribution in [3.8, 4) is 11.4 Å².